The third-order valence-corrected chi connectivity index (χ3v) is 19.6. The summed E-state index contributed by atoms with van der Waals surface area (Å²) in [5, 5.41) is 66.2. The van der Waals surface area contributed by atoms with Gasteiger partial charge >= 0.3 is 5.97 Å². The quantitative estimate of drug-likeness (QED) is 0.0579. The van der Waals surface area contributed by atoms with Crippen LogP contribution >= 0.6 is 0 Å². The molecule has 4 bridgehead atoms. The number of nitrogens with two attached hydrogens (primary N) is 2. The van der Waals surface area contributed by atoms with E-state index in [9.17, 15) is 35.1 Å². The van der Waals surface area contributed by atoms with E-state index in [0.29, 0.717) is 42.5 Å². The Morgan fingerprint density at radius 1 is 0.955 bits per heavy atom. The normalized spacial score (nSPS) is 44.4. The summed E-state index contributed by atoms with van der Waals surface area (Å²) in [6.45, 7) is 6.26. The van der Waals surface area contributed by atoms with Crippen molar-refractivity contribution in [3.8, 4) is 11.8 Å². The Labute approximate surface area is 387 Å². The fraction of sp³-hybridized carbons (Fsp3) is 0.593. The van der Waals surface area contributed by atoms with Crippen molar-refractivity contribution >= 4 is 29.6 Å². The van der Waals surface area contributed by atoms with E-state index >= 15 is 4.79 Å². The summed E-state index contributed by atoms with van der Waals surface area (Å²) in [5.74, 6) is 2.81. The van der Waals surface area contributed by atoms with Gasteiger partial charge in [0.15, 0.2) is 11.7 Å². The van der Waals surface area contributed by atoms with Gasteiger partial charge in [-0.2, -0.15) is 0 Å². The summed E-state index contributed by atoms with van der Waals surface area (Å²) in [5.41, 5.74) is 7.08. The Morgan fingerprint density at radius 2 is 1.73 bits per heavy atom. The highest BCUT2D eigenvalue weighted by molar-refractivity contribution is 6.02. The molecule has 2 spiro atoms. The van der Waals surface area contributed by atoms with Gasteiger partial charge in [-0.15, -0.1) is 11.8 Å². The number of carboxylic acid groups (broad SMARTS) is 1. The van der Waals surface area contributed by atoms with E-state index in [1.54, 1.807) is 19.2 Å². The van der Waals surface area contributed by atoms with Crippen LogP contribution in [0, 0.1) is 62.6 Å². The number of aliphatic carboxylic acids is 1. The zero-order valence-corrected chi connectivity index (χ0v) is 38.8. The minimum Gasteiger partial charge on any atom is -0.478 e. The minimum absolute atomic E-state index is 0.0190. The third-order valence-electron chi connectivity index (χ3n) is 19.6. The number of aliphatic hydroxyl groups is 4. The van der Waals surface area contributed by atoms with E-state index in [0.717, 1.165) is 17.6 Å². The minimum atomic E-state index is -1.80. The molecule has 3 fully saturated rings. The number of hydrogen-bond acceptors (Lipinski definition) is 9. The van der Waals surface area contributed by atoms with Gasteiger partial charge in [-0.25, -0.2) is 9.79 Å². The average Bonchev–Trinajstić information content (AvgIpc) is 3.42. The molecule has 13 atom stereocenters. The first kappa shape index (κ1) is 45.2. The van der Waals surface area contributed by atoms with Gasteiger partial charge in [0.25, 0.3) is 0 Å². The molecule has 0 aliphatic heterocycles. The molecule has 10 N–H and O–H groups in total. The van der Waals surface area contributed by atoms with Crippen molar-refractivity contribution in [3.05, 3.63) is 87.6 Å². The largest absolute Gasteiger partial charge is 0.478 e. The summed E-state index contributed by atoms with van der Waals surface area (Å²) in [7, 11) is 1.74. The summed E-state index contributed by atoms with van der Waals surface area (Å²) in [6, 6.07) is 8.27. The number of hydrogen-bond donors (Lipinski definition) is 8. The lowest BCUT2D eigenvalue weighted by Gasteiger charge is -2.70. The van der Waals surface area contributed by atoms with Crippen molar-refractivity contribution in [2.24, 2.45) is 67.2 Å². The topological polar surface area (TPSA) is 229 Å². The van der Waals surface area contributed by atoms with Crippen molar-refractivity contribution < 1.29 is 39.9 Å². The molecule has 1 aromatic carbocycles. The van der Waals surface area contributed by atoms with E-state index < -0.39 is 79.6 Å². The van der Waals surface area contributed by atoms with Gasteiger partial charge in [-0.1, -0.05) is 74.9 Å². The molecule has 0 saturated heterocycles. The number of fused-ring (bicyclic) bond motifs is 4. The molecule has 3 saturated carbocycles. The Bertz CT molecular complexity index is 2600. The van der Waals surface area contributed by atoms with Crippen LogP contribution in [0.1, 0.15) is 109 Å². The number of benzene rings is 1. The third kappa shape index (κ3) is 5.52. The number of Topliss-reactive ketones (excluding diaryl/α,β-unsaturated/α-hetero) is 2. The van der Waals surface area contributed by atoms with Crippen LogP contribution in [0.3, 0.4) is 0 Å². The Kier molecular flexibility index (Phi) is 10.2. The molecule has 12 heteroatoms. The number of aliphatic hydroxyl groups excluding tert-OH is 2. The van der Waals surface area contributed by atoms with Crippen LogP contribution in [-0.2, 0) is 20.8 Å². The fourth-order valence-electron chi connectivity index (χ4n) is 17.2. The van der Waals surface area contributed by atoms with Crippen molar-refractivity contribution in [1.82, 2.24) is 5.32 Å². The first-order valence-corrected chi connectivity index (χ1v) is 24.2. The highest BCUT2D eigenvalue weighted by Crippen LogP contribution is 2.84. The maximum atomic E-state index is 16.0. The molecule has 0 radical (unpaired) electrons. The SMILES string of the molecule is CNCC/C(C(=O)O)=C1/CC[C@]2(N=C(N)N)C=C[C@@]3(C[C@@]4(O)C=C[C@]5(O)C6=C7C(=O)C[C@@]3(C)[C@]64CCC#CC[C@]3(C)C(=O)CC[C@@]7(C)[C@@H]3[C@@H]5C3=Cc4ccccc4CC3)[C@H](CCO)[C@@H]2[C@@H]1O. The van der Waals surface area contributed by atoms with Crippen LogP contribution in [0.15, 0.2) is 81.4 Å². The second-order valence-electron chi connectivity index (χ2n) is 22.2. The molecule has 350 valence electrons. The second kappa shape index (κ2) is 14.9. The molecule has 10 rings (SSSR count). The molecular formula is C54H66N4O8. The number of nitrogens with zero attached hydrogens (tertiary/aromatic N) is 1. The number of carboxylic acids is 1. The predicted molar refractivity (Wildman–Crippen MR) is 250 cm³/mol. The molecule has 9 aliphatic rings. The molecule has 0 unspecified atom stereocenters. The zero-order valence-electron chi connectivity index (χ0n) is 38.8. The molecular weight excluding hydrogens is 833 g/mol. The van der Waals surface area contributed by atoms with E-state index in [1.807, 2.05) is 25.1 Å². The Balaban J connectivity index is 1.27. The zero-order chi connectivity index (χ0) is 47.0. The van der Waals surface area contributed by atoms with Gasteiger partial charge in [0.05, 0.1) is 17.2 Å². The predicted octanol–water partition coefficient (Wildman–Crippen LogP) is 4.85. The molecule has 1 aromatic rings. The number of allylic oxidation sites excluding steroid dienone is 2. The number of ketones is 2. The van der Waals surface area contributed by atoms with Crippen LogP contribution in [-0.4, -0.2) is 92.1 Å². The lowest BCUT2D eigenvalue weighted by atomic mass is 9.33. The summed E-state index contributed by atoms with van der Waals surface area (Å²) < 4.78 is 0. The second-order valence-corrected chi connectivity index (χ2v) is 22.2. The molecule has 0 heterocycles. The number of guanidine groups is 1. The van der Waals surface area contributed by atoms with Gasteiger partial charge in [-0.05, 0) is 117 Å². The number of rotatable bonds is 8. The van der Waals surface area contributed by atoms with Crippen LogP contribution < -0.4 is 16.8 Å². The van der Waals surface area contributed by atoms with Gasteiger partial charge in [-0.3, -0.25) is 9.59 Å². The van der Waals surface area contributed by atoms with E-state index in [-0.39, 0.29) is 87.5 Å². The van der Waals surface area contributed by atoms with Gasteiger partial charge in [0.2, 0.25) is 0 Å². The number of carbonyl (C=O) groups excluding carboxylic acids is 2. The first-order valence-electron chi connectivity index (χ1n) is 24.2. The van der Waals surface area contributed by atoms with E-state index in [1.165, 1.54) is 5.56 Å². The lowest BCUT2D eigenvalue weighted by molar-refractivity contribution is -0.171. The summed E-state index contributed by atoms with van der Waals surface area (Å²) >= 11 is 0. The number of aliphatic imine (C=N–C) groups is 1. The van der Waals surface area contributed by atoms with Crippen molar-refractivity contribution in [2.45, 2.75) is 127 Å². The number of carbonyl (C=O) groups is 3. The van der Waals surface area contributed by atoms with Crippen molar-refractivity contribution in [2.75, 3.05) is 20.2 Å². The number of nitrogens with one attached hydrogen (secondary N) is 1. The van der Waals surface area contributed by atoms with Crippen LogP contribution in [0.5, 0.6) is 0 Å². The molecule has 9 aliphatic carbocycles. The number of aryl methyl sites for hydroxylation is 1. The van der Waals surface area contributed by atoms with Crippen LogP contribution in [0.2, 0.25) is 0 Å². The van der Waals surface area contributed by atoms with E-state index in [4.69, 9.17) is 16.5 Å². The van der Waals surface area contributed by atoms with Crippen molar-refractivity contribution in [1.29, 1.82) is 0 Å². The van der Waals surface area contributed by atoms with Gasteiger partial charge in [0.1, 0.15) is 11.4 Å². The van der Waals surface area contributed by atoms with Crippen LogP contribution in [0.4, 0.5) is 0 Å². The molecule has 0 amide bonds. The fourth-order valence-corrected chi connectivity index (χ4v) is 17.2. The first-order chi connectivity index (χ1) is 31.3. The average molecular weight is 899 g/mol. The lowest BCUT2D eigenvalue weighted by Crippen LogP contribution is -2.71. The Hall–Kier alpha value is -4.64. The molecule has 66 heavy (non-hydrogen) atoms. The Morgan fingerprint density at radius 3 is 2.45 bits per heavy atom. The highest BCUT2D eigenvalue weighted by Gasteiger charge is 2.84. The molecule has 0 aromatic heterocycles. The maximum Gasteiger partial charge on any atom is 0.331 e. The monoisotopic (exact) mass is 898 g/mol. The van der Waals surface area contributed by atoms with Crippen LogP contribution in [0.25, 0.3) is 6.08 Å². The van der Waals surface area contributed by atoms with Gasteiger partial charge < -0.3 is 42.3 Å². The smallest absolute Gasteiger partial charge is 0.331 e. The summed E-state index contributed by atoms with van der Waals surface area (Å²) in [6.07, 6.45) is 12.1. The molecule has 12 nitrogen and oxygen atoms in total. The van der Waals surface area contributed by atoms with E-state index in [2.05, 4.69) is 55.3 Å². The highest BCUT2D eigenvalue weighted by atomic mass is 16.4. The van der Waals surface area contributed by atoms with Gasteiger partial charge in [0, 0.05) is 76.9 Å². The standard InChI is InChI=1S/C54H66N4O8/c1-47-18-8-5-9-19-54-44-41-37(60)29-49(54,3)50(22-23-51(58-46(55)56)21-14-34(35(45(63)64)16-26-57-4)42(62)40(51)36(50)17-27-59)30-52(54,65)24-25-53(44,66)39(43(47)48(41,2)20-15-38(47)61)33-13-12-31-10-6-7-11-32(31)28-33/h6-7,10-11,22-25,28,36,39-40,42-43,57,59,62,65-66H,9,12-21,26-27,29-30H2,1-4H3,(H,63,64)(H4,55,56,58)/b35-34+/t36-,39+,40-,42-,43-,47-,48-,49-,50-,51+,52+,53-,54+/m1/s1. The maximum absolute atomic E-state index is 16.0. The summed E-state index contributed by atoms with van der Waals surface area (Å²) in [4.78, 5) is 48.5. The van der Waals surface area contributed by atoms with Crippen molar-refractivity contribution in [3.63, 3.8) is 0 Å².